The topological polar surface area (TPSA) is 48.6 Å². The third kappa shape index (κ3) is 1.38. The van der Waals surface area contributed by atoms with Crippen molar-refractivity contribution in [1.29, 1.82) is 0 Å². The highest BCUT2D eigenvalue weighted by Crippen LogP contribution is 2.23. The summed E-state index contributed by atoms with van der Waals surface area (Å²) in [6.07, 6.45) is 1.60. The molecular formula is C9H7ClN2O. The zero-order valence-electron chi connectivity index (χ0n) is 6.67. The highest BCUT2D eigenvalue weighted by molar-refractivity contribution is 6.33. The molecule has 0 fully saturated rings. The van der Waals surface area contributed by atoms with E-state index in [0.29, 0.717) is 10.6 Å². The van der Waals surface area contributed by atoms with Crippen molar-refractivity contribution < 1.29 is 0 Å². The molecule has 0 radical (unpaired) electrons. The number of H-pyrrole nitrogens is 2. The highest BCUT2D eigenvalue weighted by Gasteiger charge is 2.06. The largest absolute Gasteiger partial charge is 0.305 e. The van der Waals surface area contributed by atoms with Crippen LogP contribution in [0.3, 0.4) is 0 Å². The van der Waals surface area contributed by atoms with Gasteiger partial charge in [-0.15, -0.1) is 0 Å². The van der Waals surface area contributed by atoms with Crippen LogP contribution in [-0.2, 0) is 0 Å². The van der Waals surface area contributed by atoms with Crippen molar-refractivity contribution in [1.82, 2.24) is 10.2 Å². The van der Waals surface area contributed by atoms with Gasteiger partial charge in [-0.1, -0.05) is 29.8 Å². The SMILES string of the molecule is O=c1[nH][nH]cc1-c1ccccc1Cl. The number of aromatic amines is 2. The zero-order chi connectivity index (χ0) is 9.26. The molecule has 0 amide bonds. The Morgan fingerprint density at radius 2 is 1.92 bits per heavy atom. The van der Waals surface area contributed by atoms with Gasteiger partial charge in [-0.25, -0.2) is 0 Å². The molecule has 0 atom stereocenters. The van der Waals surface area contributed by atoms with Crippen LogP contribution in [0.25, 0.3) is 11.1 Å². The lowest BCUT2D eigenvalue weighted by Crippen LogP contribution is -2.01. The van der Waals surface area contributed by atoms with Gasteiger partial charge in [0.25, 0.3) is 5.56 Å². The number of hydrogen-bond acceptors (Lipinski definition) is 1. The predicted molar refractivity (Wildman–Crippen MR) is 51.9 cm³/mol. The minimum absolute atomic E-state index is 0.159. The standard InChI is InChI=1S/C9H7ClN2O/c10-8-4-2-1-3-6(8)7-5-11-12-9(7)13/h1-5H,(H2,11,12,13). The van der Waals surface area contributed by atoms with Gasteiger partial charge in [0.2, 0.25) is 0 Å². The molecule has 66 valence electrons. The van der Waals surface area contributed by atoms with E-state index >= 15 is 0 Å². The first kappa shape index (κ1) is 8.13. The summed E-state index contributed by atoms with van der Waals surface area (Å²) >= 11 is 5.92. The van der Waals surface area contributed by atoms with Crippen molar-refractivity contribution in [2.75, 3.05) is 0 Å². The third-order valence-electron chi connectivity index (χ3n) is 1.81. The van der Waals surface area contributed by atoms with E-state index in [9.17, 15) is 4.79 Å². The highest BCUT2D eigenvalue weighted by atomic mass is 35.5. The van der Waals surface area contributed by atoms with Gasteiger partial charge >= 0.3 is 0 Å². The molecule has 1 aromatic carbocycles. The first-order valence-corrected chi connectivity index (χ1v) is 4.18. The lowest BCUT2D eigenvalue weighted by atomic mass is 10.1. The van der Waals surface area contributed by atoms with Gasteiger partial charge in [0, 0.05) is 16.8 Å². The molecule has 1 heterocycles. The number of benzene rings is 1. The summed E-state index contributed by atoms with van der Waals surface area (Å²) in [7, 11) is 0. The number of nitrogens with one attached hydrogen (secondary N) is 2. The van der Waals surface area contributed by atoms with E-state index in [1.165, 1.54) is 0 Å². The van der Waals surface area contributed by atoms with Gasteiger partial charge in [0.1, 0.15) is 0 Å². The van der Waals surface area contributed by atoms with E-state index in [1.54, 1.807) is 18.3 Å². The fourth-order valence-electron chi connectivity index (χ4n) is 1.19. The van der Waals surface area contributed by atoms with Crippen LogP contribution < -0.4 is 5.56 Å². The summed E-state index contributed by atoms with van der Waals surface area (Å²) in [5.41, 5.74) is 1.14. The molecular weight excluding hydrogens is 188 g/mol. The molecule has 0 unspecified atom stereocenters. The van der Waals surface area contributed by atoms with Gasteiger partial charge < -0.3 is 5.10 Å². The molecule has 3 nitrogen and oxygen atoms in total. The Kier molecular flexibility index (Phi) is 1.94. The van der Waals surface area contributed by atoms with Gasteiger partial charge in [-0.05, 0) is 6.07 Å². The lowest BCUT2D eigenvalue weighted by Gasteiger charge is -1.97. The fourth-order valence-corrected chi connectivity index (χ4v) is 1.42. The maximum absolute atomic E-state index is 11.2. The Balaban J connectivity index is 2.66. The fraction of sp³-hybridized carbons (Fsp3) is 0. The Bertz CT molecular complexity index is 472. The van der Waals surface area contributed by atoms with E-state index in [0.717, 1.165) is 5.56 Å². The predicted octanol–water partition coefficient (Wildman–Crippen LogP) is 2.02. The average molecular weight is 195 g/mol. The molecule has 4 heteroatoms. The van der Waals surface area contributed by atoms with E-state index in [1.807, 2.05) is 12.1 Å². The van der Waals surface area contributed by atoms with Gasteiger partial charge in [0.05, 0.1) is 5.56 Å². The lowest BCUT2D eigenvalue weighted by molar-refractivity contribution is 1.06. The summed E-state index contributed by atoms with van der Waals surface area (Å²) in [5, 5.41) is 5.66. The molecule has 0 spiro atoms. The van der Waals surface area contributed by atoms with Crippen LogP contribution in [0.2, 0.25) is 5.02 Å². The van der Waals surface area contributed by atoms with Gasteiger partial charge in [0.15, 0.2) is 0 Å². The maximum atomic E-state index is 11.2. The normalized spacial score (nSPS) is 10.2. The Morgan fingerprint density at radius 3 is 2.54 bits per heavy atom. The van der Waals surface area contributed by atoms with Crippen molar-refractivity contribution in [2.24, 2.45) is 0 Å². The smallest absolute Gasteiger partial charge is 0.271 e. The van der Waals surface area contributed by atoms with Crippen molar-refractivity contribution in [3.05, 3.63) is 45.8 Å². The monoisotopic (exact) mass is 194 g/mol. The van der Waals surface area contributed by atoms with Crippen LogP contribution in [0, 0.1) is 0 Å². The molecule has 0 aliphatic carbocycles. The van der Waals surface area contributed by atoms with Crippen molar-refractivity contribution in [3.63, 3.8) is 0 Å². The molecule has 2 aromatic rings. The minimum Gasteiger partial charge on any atom is -0.305 e. The molecule has 2 rings (SSSR count). The third-order valence-corrected chi connectivity index (χ3v) is 2.14. The number of hydrogen-bond donors (Lipinski definition) is 2. The summed E-state index contributed by atoms with van der Waals surface area (Å²) < 4.78 is 0. The molecule has 13 heavy (non-hydrogen) atoms. The molecule has 1 aromatic heterocycles. The van der Waals surface area contributed by atoms with E-state index in [2.05, 4.69) is 10.2 Å². The van der Waals surface area contributed by atoms with Crippen LogP contribution in [-0.4, -0.2) is 10.2 Å². The minimum atomic E-state index is -0.159. The second-order valence-corrected chi connectivity index (χ2v) is 3.04. The summed E-state index contributed by atoms with van der Waals surface area (Å²) in [4.78, 5) is 11.2. The van der Waals surface area contributed by atoms with Crippen LogP contribution in [0.15, 0.2) is 35.3 Å². The van der Waals surface area contributed by atoms with Crippen molar-refractivity contribution in [2.45, 2.75) is 0 Å². The quantitative estimate of drug-likeness (QED) is 0.717. The Labute approximate surface area is 79.4 Å². The van der Waals surface area contributed by atoms with Crippen LogP contribution in [0.4, 0.5) is 0 Å². The van der Waals surface area contributed by atoms with E-state index in [-0.39, 0.29) is 5.56 Å². The number of aromatic nitrogens is 2. The summed E-state index contributed by atoms with van der Waals surface area (Å²) in [5.74, 6) is 0. The van der Waals surface area contributed by atoms with Crippen molar-refractivity contribution >= 4 is 11.6 Å². The van der Waals surface area contributed by atoms with Gasteiger partial charge in [-0.3, -0.25) is 9.89 Å². The second kappa shape index (κ2) is 3.11. The first-order chi connectivity index (χ1) is 6.29. The molecule has 2 N–H and O–H groups in total. The molecule has 0 saturated heterocycles. The van der Waals surface area contributed by atoms with E-state index < -0.39 is 0 Å². The summed E-state index contributed by atoms with van der Waals surface area (Å²) in [6, 6.07) is 7.23. The van der Waals surface area contributed by atoms with E-state index in [4.69, 9.17) is 11.6 Å². The molecule has 0 aliphatic heterocycles. The first-order valence-electron chi connectivity index (χ1n) is 3.80. The number of rotatable bonds is 1. The van der Waals surface area contributed by atoms with Crippen LogP contribution >= 0.6 is 11.6 Å². The number of halogens is 1. The summed E-state index contributed by atoms with van der Waals surface area (Å²) in [6.45, 7) is 0. The van der Waals surface area contributed by atoms with Crippen LogP contribution in [0.1, 0.15) is 0 Å². The molecule has 0 aliphatic rings. The Morgan fingerprint density at radius 1 is 1.15 bits per heavy atom. The Hall–Kier alpha value is -1.48. The molecule has 0 bridgehead atoms. The van der Waals surface area contributed by atoms with Crippen molar-refractivity contribution in [3.8, 4) is 11.1 Å². The molecule has 0 saturated carbocycles. The zero-order valence-corrected chi connectivity index (χ0v) is 7.43. The maximum Gasteiger partial charge on any atom is 0.271 e. The van der Waals surface area contributed by atoms with Crippen LogP contribution in [0.5, 0.6) is 0 Å². The second-order valence-electron chi connectivity index (χ2n) is 2.64. The van der Waals surface area contributed by atoms with Gasteiger partial charge in [-0.2, -0.15) is 0 Å². The average Bonchev–Trinajstić information content (AvgIpc) is 2.52.